The molecule has 4 aromatic rings. The van der Waals surface area contributed by atoms with Gasteiger partial charge in [0.05, 0.1) is 11.6 Å². The molecule has 1 aliphatic carbocycles. The van der Waals surface area contributed by atoms with E-state index in [2.05, 4.69) is 43.5 Å². The Balaban J connectivity index is 1.13. The van der Waals surface area contributed by atoms with Crippen LogP contribution in [0.2, 0.25) is 0 Å². The van der Waals surface area contributed by atoms with Crippen molar-refractivity contribution in [2.24, 2.45) is 5.92 Å². The highest BCUT2D eigenvalue weighted by atomic mass is 32.1. The number of hydrogen-bond donors (Lipinski definition) is 2. The number of thiophene rings is 1. The molecule has 1 aliphatic heterocycles. The van der Waals surface area contributed by atoms with Crippen molar-refractivity contribution in [3.05, 3.63) is 47.3 Å². The zero-order valence-electron chi connectivity index (χ0n) is 20.0. The van der Waals surface area contributed by atoms with E-state index < -0.39 is 0 Å². The highest BCUT2D eigenvalue weighted by Gasteiger charge is 2.31. The number of benzene rings is 1. The minimum atomic E-state index is -0.261. The average molecular weight is 504 g/mol. The van der Waals surface area contributed by atoms with Crippen LogP contribution in [0.15, 0.2) is 47.3 Å². The third-order valence-electron chi connectivity index (χ3n) is 7.35. The maximum Gasteiger partial charge on any atom is 0.225 e. The van der Waals surface area contributed by atoms with E-state index in [-0.39, 0.29) is 24.0 Å². The molecule has 2 fully saturated rings. The monoisotopic (exact) mass is 503 g/mol. The van der Waals surface area contributed by atoms with Gasteiger partial charge < -0.3 is 15.3 Å². The van der Waals surface area contributed by atoms with Crippen molar-refractivity contribution in [3.8, 4) is 16.9 Å². The van der Waals surface area contributed by atoms with Crippen molar-refractivity contribution >= 4 is 34.2 Å². The number of amides is 1. The van der Waals surface area contributed by atoms with Gasteiger partial charge in [0.2, 0.25) is 11.9 Å². The first-order valence-corrected chi connectivity index (χ1v) is 13.5. The van der Waals surface area contributed by atoms with Gasteiger partial charge >= 0.3 is 0 Å². The van der Waals surface area contributed by atoms with E-state index in [1.54, 1.807) is 22.2 Å². The van der Waals surface area contributed by atoms with E-state index in [4.69, 9.17) is 4.98 Å². The summed E-state index contributed by atoms with van der Waals surface area (Å²) in [5.74, 6) is 1.54. The number of fused-ring (bicyclic) bond motifs is 1. The number of hydrogen-bond acceptors (Lipinski definition) is 8. The lowest BCUT2D eigenvalue weighted by molar-refractivity contribution is -0.138. The lowest BCUT2D eigenvalue weighted by atomic mass is 9.85. The van der Waals surface area contributed by atoms with Crippen LogP contribution in [0.5, 0.6) is 0 Å². The molecule has 4 heterocycles. The summed E-state index contributed by atoms with van der Waals surface area (Å²) >= 11 is 1.66. The van der Waals surface area contributed by atoms with Crippen molar-refractivity contribution in [2.75, 3.05) is 18.4 Å². The van der Waals surface area contributed by atoms with E-state index in [9.17, 15) is 9.90 Å². The average Bonchev–Trinajstić information content (AvgIpc) is 3.60. The van der Waals surface area contributed by atoms with Crippen LogP contribution in [-0.4, -0.2) is 66.1 Å². The normalized spacial score (nSPS) is 21.1. The summed E-state index contributed by atoms with van der Waals surface area (Å²) < 4.78 is 1.75. The minimum absolute atomic E-state index is 0.0736. The highest BCUT2D eigenvalue weighted by Crippen LogP contribution is 2.30. The topological polar surface area (TPSA) is 109 Å². The van der Waals surface area contributed by atoms with Crippen molar-refractivity contribution in [2.45, 2.75) is 50.7 Å². The number of anilines is 1. The molecule has 3 aromatic heterocycles. The molecule has 36 heavy (non-hydrogen) atoms. The van der Waals surface area contributed by atoms with Gasteiger partial charge in [-0.2, -0.15) is 21.0 Å². The van der Waals surface area contributed by atoms with Crippen LogP contribution in [0.1, 0.15) is 38.5 Å². The van der Waals surface area contributed by atoms with Crippen LogP contribution in [0.25, 0.3) is 28.0 Å². The van der Waals surface area contributed by atoms with Crippen LogP contribution >= 0.6 is 11.3 Å². The van der Waals surface area contributed by atoms with Gasteiger partial charge in [-0.05, 0) is 67.0 Å². The summed E-state index contributed by atoms with van der Waals surface area (Å²) in [5, 5.41) is 26.2. The molecule has 0 unspecified atom stereocenters. The number of aromatic nitrogens is 5. The number of aliphatic hydroxyl groups excluding tert-OH is 1. The molecule has 10 heteroatoms. The third kappa shape index (κ3) is 4.58. The first-order valence-electron chi connectivity index (χ1n) is 12.6. The number of carbonyl (C=O) groups is 1. The van der Waals surface area contributed by atoms with Crippen molar-refractivity contribution in [3.63, 3.8) is 0 Å². The Morgan fingerprint density at radius 2 is 1.89 bits per heavy atom. The second-order valence-corrected chi connectivity index (χ2v) is 10.5. The lowest BCUT2D eigenvalue weighted by Crippen LogP contribution is -2.44. The highest BCUT2D eigenvalue weighted by molar-refractivity contribution is 7.08. The zero-order chi connectivity index (χ0) is 24.5. The van der Waals surface area contributed by atoms with Crippen LogP contribution in [-0.2, 0) is 4.79 Å². The molecule has 1 amide bonds. The lowest BCUT2D eigenvalue weighted by Gasteiger charge is -2.35. The van der Waals surface area contributed by atoms with Gasteiger partial charge in [0.25, 0.3) is 0 Å². The second kappa shape index (κ2) is 9.94. The number of piperidine rings is 1. The van der Waals surface area contributed by atoms with Crippen molar-refractivity contribution in [1.29, 1.82) is 0 Å². The van der Waals surface area contributed by atoms with Gasteiger partial charge in [0.15, 0.2) is 5.82 Å². The third-order valence-corrected chi connectivity index (χ3v) is 8.04. The van der Waals surface area contributed by atoms with Gasteiger partial charge in [-0.25, -0.2) is 4.98 Å². The van der Waals surface area contributed by atoms with E-state index in [1.807, 2.05) is 23.1 Å². The molecule has 6 rings (SSSR count). The van der Waals surface area contributed by atoms with E-state index in [1.165, 1.54) is 0 Å². The molecule has 1 aromatic carbocycles. The number of likely N-dealkylation sites (tertiary alicyclic amines) is 1. The van der Waals surface area contributed by atoms with Crippen LogP contribution in [0.4, 0.5) is 5.95 Å². The second-order valence-electron chi connectivity index (χ2n) is 9.67. The summed E-state index contributed by atoms with van der Waals surface area (Å²) in [6, 6.07) is 10.2. The largest absolute Gasteiger partial charge is 0.393 e. The van der Waals surface area contributed by atoms with Crippen LogP contribution in [0, 0.1) is 5.92 Å². The smallest absolute Gasteiger partial charge is 0.225 e. The predicted molar refractivity (Wildman–Crippen MR) is 139 cm³/mol. The molecule has 2 N–H and O–H groups in total. The number of nitrogens with one attached hydrogen (secondary N) is 1. The fourth-order valence-corrected chi connectivity index (χ4v) is 5.97. The van der Waals surface area contributed by atoms with Gasteiger partial charge in [-0.1, -0.05) is 17.3 Å². The first kappa shape index (κ1) is 23.1. The molecule has 186 valence electrons. The number of carbonyl (C=O) groups excluding carboxylic acids is 1. The molecule has 9 nitrogen and oxygen atoms in total. The molecule has 0 spiro atoms. The van der Waals surface area contributed by atoms with E-state index in [0.717, 1.165) is 47.8 Å². The van der Waals surface area contributed by atoms with E-state index in [0.29, 0.717) is 37.7 Å². The van der Waals surface area contributed by atoms with Crippen LogP contribution < -0.4 is 5.32 Å². The summed E-state index contributed by atoms with van der Waals surface area (Å²) in [6.07, 6.45) is 6.36. The maximum absolute atomic E-state index is 12.9. The molecule has 1 saturated carbocycles. The van der Waals surface area contributed by atoms with E-state index >= 15 is 0 Å². The summed E-state index contributed by atoms with van der Waals surface area (Å²) in [5.41, 5.74) is 3.93. The maximum atomic E-state index is 12.9. The standard InChI is InChI=1S/C26H29N7O2S/c34-20-9-13-32(14-10-20)25(35)17-4-6-19(7-5-17)28-26-27-12-8-23(29-26)33-22-3-1-2-21(24(22)30-31-33)18-11-15-36-16-18/h1-3,8,11-12,15-17,19-20,34H,4-7,9-10,13-14H2,(H,27,28,29). The fourth-order valence-electron chi connectivity index (χ4n) is 5.31. The van der Waals surface area contributed by atoms with Gasteiger partial charge in [-0.3, -0.25) is 4.79 Å². The molecular formula is C26H29N7O2S. The van der Waals surface area contributed by atoms with Gasteiger partial charge in [0.1, 0.15) is 5.52 Å². The Hall–Kier alpha value is -3.37. The number of aliphatic hydroxyl groups is 1. The fraction of sp³-hybridized carbons (Fsp3) is 0.423. The predicted octanol–water partition coefficient (Wildman–Crippen LogP) is 3.89. The zero-order valence-corrected chi connectivity index (χ0v) is 20.8. The Kier molecular flexibility index (Phi) is 6.37. The molecule has 0 radical (unpaired) electrons. The molecule has 0 bridgehead atoms. The molecule has 1 saturated heterocycles. The van der Waals surface area contributed by atoms with Gasteiger partial charge in [-0.15, -0.1) is 5.10 Å². The Bertz CT molecular complexity index is 1340. The Labute approximate surface area is 213 Å². The summed E-state index contributed by atoms with van der Waals surface area (Å²) in [4.78, 5) is 24.0. The summed E-state index contributed by atoms with van der Waals surface area (Å²) in [7, 11) is 0. The van der Waals surface area contributed by atoms with Gasteiger partial charge in [0, 0.05) is 42.9 Å². The Morgan fingerprint density at radius 1 is 1.06 bits per heavy atom. The minimum Gasteiger partial charge on any atom is -0.393 e. The van der Waals surface area contributed by atoms with Crippen molar-refractivity contribution < 1.29 is 9.90 Å². The number of rotatable bonds is 5. The quantitative estimate of drug-likeness (QED) is 0.425. The molecule has 0 atom stereocenters. The number of nitrogens with zero attached hydrogens (tertiary/aromatic N) is 6. The first-order chi connectivity index (χ1) is 17.7. The SMILES string of the molecule is O=C(C1CCC(Nc2nccc(-n3nnc4c(-c5ccsc5)cccc43)n2)CC1)N1CCC(O)CC1. The molecule has 2 aliphatic rings. The summed E-state index contributed by atoms with van der Waals surface area (Å²) in [6.45, 7) is 1.34. The van der Waals surface area contributed by atoms with Crippen molar-refractivity contribution in [1.82, 2.24) is 29.9 Å². The molecular weight excluding hydrogens is 474 g/mol. The van der Waals surface area contributed by atoms with Crippen LogP contribution in [0.3, 0.4) is 0 Å². The Morgan fingerprint density at radius 3 is 2.67 bits per heavy atom.